The van der Waals surface area contributed by atoms with E-state index in [0.717, 1.165) is 22.6 Å². The third-order valence-electron chi connectivity index (χ3n) is 2.21. The highest BCUT2D eigenvalue weighted by molar-refractivity contribution is 8.01. The van der Waals surface area contributed by atoms with Gasteiger partial charge in [0, 0.05) is 33.1 Å². The molecule has 0 saturated heterocycles. The Morgan fingerprint density at radius 3 is 2.35 bits per heavy atom. The molecule has 1 heterocycles. The van der Waals surface area contributed by atoms with Crippen molar-refractivity contribution in [1.29, 1.82) is 0 Å². The summed E-state index contributed by atoms with van der Waals surface area (Å²) < 4.78 is 16.9. The summed E-state index contributed by atoms with van der Waals surface area (Å²) in [6.07, 6.45) is 0.936. The fraction of sp³-hybridized carbons (Fsp3) is 0.750. The van der Waals surface area contributed by atoms with Gasteiger partial charge in [0.25, 0.3) is 0 Å². The lowest BCUT2D eigenvalue weighted by Crippen LogP contribution is -2.42. The van der Waals surface area contributed by atoms with Crippen LogP contribution in [-0.4, -0.2) is 46.1 Å². The molecule has 17 heavy (non-hydrogen) atoms. The van der Waals surface area contributed by atoms with Crippen LogP contribution >= 0.6 is 23.1 Å². The smallest absolute Gasteiger partial charge is 0.377 e. The first kappa shape index (κ1) is 14.9. The highest BCUT2D eigenvalue weighted by Crippen LogP contribution is 2.25. The lowest BCUT2D eigenvalue weighted by molar-refractivity contribution is 0.123. The van der Waals surface area contributed by atoms with Gasteiger partial charge in [0.1, 0.15) is 0 Å². The number of nitrogens with zero attached hydrogens (tertiary/aromatic N) is 2. The molecule has 0 aromatic carbocycles. The third-order valence-corrected chi connectivity index (χ3v) is 7.01. The summed E-state index contributed by atoms with van der Waals surface area (Å²) in [7, 11) is 2.45. The molecule has 1 aromatic rings. The van der Waals surface area contributed by atoms with Crippen LogP contribution in [0.5, 0.6) is 0 Å². The molecule has 0 unspecified atom stereocenters. The Balaban J connectivity index is 2.27. The van der Waals surface area contributed by atoms with Gasteiger partial charge in [-0.15, -0.1) is 10.2 Å². The second-order valence-electron chi connectivity index (χ2n) is 3.15. The van der Waals surface area contributed by atoms with Gasteiger partial charge in [0.15, 0.2) is 4.34 Å². The highest BCUT2D eigenvalue weighted by Gasteiger charge is 2.36. The van der Waals surface area contributed by atoms with E-state index in [2.05, 4.69) is 10.2 Å². The Hall–Kier alpha value is -0.193. The van der Waals surface area contributed by atoms with Crippen molar-refractivity contribution in [2.24, 2.45) is 0 Å². The zero-order valence-electron chi connectivity index (χ0n) is 10.1. The van der Waals surface area contributed by atoms with Crippen molar-refractivity contribution in [3.05, 3.63) is 0 Å². The summed E-state index contributed by atoms with van der Waals surface area (Å²) in [5.74, 6) is 0.916. The van der Waals surface area contributed by atoms with Gasteiger partial charge in [-0.25, -0.2) is 0 Å². The van der Waals surface area contributed by atoms with Crippen LogP contribution in [0.4, 0.5) is 5.13 Å². The second kappa shape index (κ2) is 7.29. The van der Waals surface area contributed by atoms with Gasteiger partial charge in [0.05, 0.1) is 0 Å². The molecule has 0 atom stereocenters. The average Bonchev–Trinajstić information content (AvgIpc) is 2.76. The van der Waals surface area contributed by atoms with Gasteiger partial charge in [-0.05, 0) is 6.42 Å². The van der Waals surface area contributed by atoms with Crippen LogP contribution < -0.4 is 5.73 Å². The van der Waals surface area contributed by atoms with Crippen molar-refractivity contribution in [2.45, 2.75) is 16.8 Å². The molecule has 1 rings (SSSR count). The predicted octanol–water partition coefficient (Wildman–Crippen LogP) is 1.48. The monoisotopic (exact) mass is 295 g/mol. The zero-order chi connectivity index (χ0) is 12.7. The number of hydrogen-bond donors (Lipinski definition) is 1. The molecular formula is C8H17N3O3S2Si. The van der Waals surface area contributed by atoms with E-state index in [-0.39, 0.29) is 0 Å². The molecule has 9 heteroatoms. The summed E-state index contributed by atoms with van der Waals surface area (Å²) in [6, 6.07) is 0.789. The van der Waals surface area contributed by atoms with E-state index >= 15 is 0 Å². The molecule has 0 radical (unpaired) electrons. The predicted molar refractivity (Wildman–Crippen MR) is 71.3 cm³/mol. The fourth-order valence-corrected chi connectivity index (χ4v) is 4.91. The molecule has 0 fully saturated rings. The van der Waals surface area contributed by atoms with Crippen LogP contribution in [0.3, 0.4) is 0 Å². The third kappa shape index (κ3) is 4.52. The zero-order valence-corrected chi connectivity index (χ0v) is 12.8. The summed E-state index contributed by atoms with van der Waals surface area (Å²) in [5.41, 5.74) is 5.50. The molecule has 2 N–H and O–H groups in total. The molecule has 0 aliphatic rings. The van der Waals surface area contributed by atoms with E-state index < -0.39 is 8.80 Å². The van der Waals surface area contributed by atoms with Crippen molar-refractivity contribution in [1.82, 2.24) is 10.2 Å². The van der Waals surface area contributed by atoms with Gasteiger partial charge < -0.3 is 19.0 Å². The fourth-order valence-electron chi connectivity index (χ4n) is 1.28. The van der Waals surface area contributed by atoms with Crippen LogP contribution in [0.2, 0.25) is 6.04 Å². The maximum Gasteiger partial charge on any atom is 0.500 e. The van der Waals surface area contributed by atoms with Crippen LogP contribution in [0.1, 0.15) is 6.42 Å². The van der Waals surface area contributed by atoms with E-state index in [1.807, 2.05) is 0 Å². The Morgan fingerprint density at radius 2 is 1.88 bits per heavy atom. The minimum absolute atomic E-state index is 0.502. The van der Waals surface area contributed by atoms with Crippen molar-refractivity contribution >= 4 is 37.0 Å². The number of nitrogen functional groups attached to an aromatic ring is 1. The standard InChI is InChI=1S/C8H17N3O3S2Si/c1-12-17(13-2,14-3)6-4-5-15-8-11-10-7(9)16-8/h4-6H2,1-3H3,(H2,9,10). The normalized spacial score (nSPS) is 11.9. The molecule has 0 aliphatic carbocycles. The summed E-state index contributed by atoms with van der Waals surface area (Å²) in [5, 5.41) is 8.19. The van der Waals surface area contributed by atoms with E-state index in [1.54, 1.807) is 33.1 Å². The lowest BCUT2D eigenvalue weighted by atomic mass is 10.6. The number of thioether (sulfide) groups is 1. The Labute approximate surface area is 110 Å². The van der Waals surface area contributed by atoms with E-state index in [1.165, 1.54) is 11.3 Å². The molecule has 1 aromatic heterocycles. The summed E-state index contributed by atoms with van der Waals surface area (Å²) >= 11 is 3.03. The largest absolute Gasteiger partial charge is 0.500 e. The lowest BCUT2D eigenvalue weighted by Gasteiger charge is -2.23. The number of anilines is 1. The minimum Gasteiger partial charge on any atom is -0.377 e. The Kier molecular flexibility index (Phi) is 6.37. The van der Waals surface area contributed by atoms with Gasteiger partial charge in [-0.3, -0.25) is 0 Å². The van der Waals surface area contributed by atoms with Gasteiger partial charge >= 0.3 is 8.80 Å². The minimum atomic E-state index is -2.42. The molecule has 0 saturated carbocycles. The number of rotatable bonds is 8. The maximum absolute atomic E-state index is 5.50. The first-order valence-corrected chi connectivity index (χ1v) is 8.76. The first-order chi connectivity index (χ1) is 8.15. The van der Waals surface area contributed by atoms with Crippen molar-refractivity contribution in [3.8, 4) is 0 Å². The first-order valence-electron chi connectivity index (χ1n) is 5.03. The molecule has 0 spiro atoms. The second-order valence-corrected chi connectivity index (χ2v) is 8.60. The topological polar surface area (TPSA) is 79.5 Å². The maximum atomic E-state index is 5.50. The van der Waals surface area contributed by atoms with Gasteiger partial charge in [-0.2, -0.15) is 0 Å². The van der Waals surface area contributed by atoms with Crippen molar-refractivity contribution in [3.63, 3.8) is 0 Å². The number of aromatic nitrogens is 2. The molecule has 0 aliphatic heterocycles. The molecular weight excluding hydrogens is 278 g/mol. The highest BCUT2D eigenvalue weighted by atomic mass is 32.2. The average molecular weight is 295 g/mol. The van der Waals surface area contributed by atoms with Gasteiger partial charge in [-0.1, -0.05) is 23.1 Å². The molecule has 0 bridgehead atoms. The van der Waals surface area contributed by atoms with Crippen LogP contribution in [0.25, 0.3) is 0 Å². The number of nitrogens with two attached hydrogens (primary N) is 1. The van der Waals surface area contributed by atoms with Crippen molar-refractivity contribution in [2.75, 3.05) is 32.8 Å². The van der Waals surface area contributed by atoms with E-state index in [4.69, 9.17) is 19.0 Å². The SMILES string of the molecule is CO[Si](CCCSc1nnc(N)s1)(OC)OC. The summed E-state index contributed by atoms with van der Waals surface area (Å²) in [6.45, 7) is 0. The van der Waals surface area contributed by atoms with Crippen LogP contribution in [-0.2, 0) is 13.3 Å². The Bertz CT molecular complexity index is 327. The van der Waals surface area contributed by atoms with E-state index in [9.17, 15) is 0 Å². The summed E-state index contributed by atoms with van der Waals surface area (Å²) in [4.78, 5) is 0. The number of hydrogen-bond acceptors (Lipinski definition) is 8. The quantitative estimate of drug-likeness (QED) is 0.442. The molecule has 0 amide bonds. The van der Waals surface area contributed by atoms with Crippen molar-refractivity contribution < 1.29 is 13.3 Å². The van der Waals surface area contributed by atoms with Crippen LogP contribution in [0.15, 0.2) is 4.34 Å². The molecule has 98 valence electrons. The van der Waals surface area contributed by atoms with Crippen LogP contribution in [0, 0.1) is 0 Å². The van der Waals surface area contributed by atoms with Gasteiger partial charge in [0.2, 0.25) is 5.13 Å². The molecule has 6 nitrogen and oxygen atoms in total. The van der Waals surface area contributed by atoms with E-state index in [0.29, 0.717) is 5.13 Å². The Morgan fingerprint density at radius 1 is 1.24 bits per heavy atom.